The summed E-state index contributed by atoms with van der Waals surface area (Å²) in [6, 6.07) is -2.17. The molecule has 1 aromatic rings. The van der Waals surface area contributed by atoms with Crippen LogP contribution in [-0.2, 0) is 39.9 Å². The van der Waals surface area contributed by atoms with Crippen molar-refractivity contribution in [2.75, 3.05) is 14.2 Å². The van der Waals surface area contributed by atoms with Crippen LogP contribution >= 0.6 is 11.3 Å². The number of methoxy groups -OCH3 is 1. The number of aliphatic hydroxyl groups excluding tert-OH is 1. The number of hydrogen-bond acceptors (Lipinski definition) is 11. The Morgan fingerprint density at radius 1 is 1.12 bits per heavy atom. The third kappa shape index (κ3) is 11.9. The molecule has 1 fully saturated rings. The number of carbonyl (C=O) groups excluding carboxylic acids is 6. The van der Waals surface area contributed by atoms with Gasteiger partial charge in [-0.05, 0) is 53.4 Å². The summed E-state index contributed by atoms with van der Waals surface area (Å²) in [7, 11) is 2.39. The average molecular weight is 626 g/mol. The summed E-state index contributed by atoms with van der Waals surface area (Å²) in [5, 5.41) is 19.9. The Balaban J connectivity index is 1.91. The van der Waals surface area contributed by atoms with Crippen LogP contribution in [-0.4, -0.2) is 94.2 Å². The number of thiazole rings is 1. The SMILES string of the molecule is COC(=O)N(C)C(=O)C1(NC(=O)[C@@H](C)NC(=O)[C@@H](Cc2cscn2)NC(=O)C[C@H](O)CCCCC(=O)OC(C)(C)C)CC1. The number of nitrogens with zero attached hydrogens (tertiary/aromatic N) is 2. The van der Waals surface area contributed by atoms with Crippen LogP contribution < -0.4 is 16.0 Å². The first-order chi connectivity index (χ1) is 20.1. The van der Waals surface area contributed by atoms with E-state index >= 15 is 0 Å². The molecule has 15 heteroatoms. The second-order valence-corrected chi connectivity index (χ2v) is 12.3. The quantitative estimate of drug-likeness (QED) is 0.163. The highest BCUT2D eigenvalue weighted by Gasteiger charge is 2.54. The molecule has 1 saturated carbocycles. The molecule has 3 atom stereocenters. The molecule has 14 nitrogen and oxygen atoms in total. The predicted octanol–water partition coefficient (Wildman–Crippen LogP) is 1.20. The molecule has 1 aliphatic rings. The van der Waals surface area contributed by atoms with E-state index < -0.39 is 59.0 Å². The lowest BCUT2D eigenvalue weighted by atomic mass is 10.1. The van der Waals surface area contributed by atoms with Crippen molar-refractivity contribution in [3.63, 3.8) is 0 Å². The fourth-order valence-corrected chi connectivity index (χ4v) is 4.72. The number of nitrogens with one attached hydrogen (secondary N) is 3. The minimum Gasteiger partial charge on any atom is -0.460 e. The van der Waals surface area contributed by atoms with Crippen LogP contribution in [0.1, 0.15) is 78.3 Å². The zero-order chi connectivity index (χ0) is 32.4. The average Bonchev–Trinajstić information content (AvgIpc) is 3.51. The smallest absolute Gasteiger partial charge is 0.416 e. The maximum Gasteiger partial charge on any atom is 0.416 e. The van der Waals surface area contributed by atoms with E-state index in [1.165, 1.54) is 25.3 Å². The number of imide groups is 1. The number of carbonyl (C=O) groups is 6. The van der Waals surface area contributed by atoms with Gasteiger partial charge in [-0.2, -0.15) is 0 Å². The monoisotopic (exact) mass is 625 g/mol. The number of ether oxygens (including phenoxy) is 2. The molecule has 0 aromatic carbocycles. The molecule has 1 heterocycles. The maximum atomic E-state index is 13.2. The molecule has 0 spiro atoms. The largest absolute Gasteiger partial charge is 0.460 e. The molecule has 0 aliphatic heterocycles. The second kappa shape index (κ2) is 15.8. The Kier molecular flexibility index (Phi) is 13.0. The molecule has 2 rings (SSSR count). The highest BCUT2D eigenvalue weighted by Crippen LogP contribution is 2.37. The lowest BCUT2D eigenvalue weighted by Gasteiger charge is -2.25. The summed E-state index contributed by atoms with van der Waals surface area (Å²) < 4.78 is 9.81. The van der Waals surface area contributed by atoms with Crippen molar-refractivity contribution in [3.8, 4) is 0 Å². The summed E-state index contributed by atoms with van der Waals surface area (Å²) >= 11 is 1.32. The van der Waals surface area contributed by atoms with Gasteiger partial charge in [0.1, 0.15) is 23.2 Å². The Hall–Kier alpha value is -3.59. The minimum atomic E-state index is -1.25. The summed E-state index contributed by atoms with van der Waals surface area (Å²) in [4.78, 5) is 80.0. The van der Waals surface area contributed by atoms with Gasteiger partial charge < -0.3 is 30.5 Å². The standard InChI is InChI=1S/C28H43N5O9S/c1-17(23(37)32-28(11-12-28)25(39)33(5)26(40)41-6)30-24(38)20(13-18-15-43-16-29-18)31-21(35)14-19(34)9-7-8-10-22(36)42-27(2,3)4/h15-17,19-20,34H,7-14H2,1-6H3,(H,30,38)(H,31,35)(H,32,37)/t17-,19-,20-/m1/s1. The van der Waals surface area contributed by atoms with Crippen molar-refractivity contribution < 1.29 is 43.3 Å². The second-order valence-electron chi connectivity index (χ2n) is 11.6. The van der Waals surface area contributed by atoms with Gasteiger partial charge in [0.05, 0.1) is 30.8 Å². The van der Waals surface area contributed by atoms with Crippen LogP contribution in [0.2, 0.25) is 0 Å². The van der Waals surface area contributed by atoms with Gasteiger partial charge in [0.2, 0.25) is 17.7 Å². The van der Waals surface area contributed by atoms with Crippen molar-refractivity contribution in [2.24, 2.45) is 0 Å². The number of rotatable bonds is 15. The van der Waals surface area contributed by atoms with Crippen LogP contribution in [0.25, 0.3) is 0 Å². The summed E-state index contributed by atoms with van der Waals surface area (Å²) in [6.45, 7) is 6.78. The predicted molar refractivity (Wildman–Crippen MR) is 156 cm³/mol. The Labute approximate surface area is 255 Å². The normalized spacial score (nSPS) is 15.7. The minimum absolute atomic E-state index is 0.0493. The van der Waals surface area contributed by atoms with E-state index in [1.807, 2.05) is 0 Å². The maximum absolute atomic E-state index is 13.2. The third-order valence-corrected chi connectivity index (χ3v) is 7.22. The number of likely N-dealkylation sites (N-methyl/N-ethyl adjacent to an activating group) is 1. The van der Waals surface area contributed by atoms with Crippen LogP contribution in [0.4, 0.5) is 4.79 Å². The van der Waals surface area contributed by atoms with Gasteiger partial charge in [-0.3, -0.25) is 24.0 Å². The van der Waals surface area contributed by atoms with E-state index in [-0.39, 0.29) is 31.7 Å². The van der Waals surface area contributed by atoms with Crippen molar-refractivity contribution in [1.29, 1.82) is 0 Å². The summed E-state index contributed by atoms with van der Waals surface area (Å²) in [6.07, 6.45) is 0.0696. The third-order valence-electron chi connectivity index (χ3n) is 6.58. The Morgan fingerprint density at radius 3 is 2.35 bits per heavy atom. The van der Waals surface area contributed by atoms with Gasteiger partial charge in [-0.15, -0.1) is 11.3 Å². The lowest BCUT2D eigenvalue weighted by molar-refractivity contribution is -0.155. The Bertz CT molecular complexity index is 1150. The zero-order valence-corrected chi connectivity index (χ0v) is 26.4. The molecule has 0 saturated heterocycles. The first kappa shape index (κ1) is 35.6. The van der Waals surface area contributed by atoms with Gasteiger partial charge in [-0.1, -0.05) is 6.42 Å². The van der Waals surface area contributed by atoms with E-state index in [4.69, 9.17) is 4.74 Å². The van der Waals surface area contributed by atoms with Crippen LogP contribution in [0, 0.1) is 0 Å². The molecule has 240 valence electrons. The molecule has 4 N–H and O–H groups in total. The first-order valence-corrected chi connectivity index (χ1v) is 15.1. The highest BCUT2D eigenvalue weighted by molar-refractivity contribution is 7.07. The number of unbranched alkanes of at least 4 members (excludes halogenated alkanes) is 1. The molecule has 0 bridgehead atoms. The molecule has 1 aliphatic carbocycles. The van der Waals surface area contributed by atoms with Crippen molar-refractivity contribution >= 4 is 47.0 Å². The van der Waals surface area contributed by atoms with Crippen molar-refractivity contribution in [3.05, 3.63) is 16.6 Å². The number of aliphatic hydroxyl groups is 1. The molecular weight excluding hydrogens is 582 g/mol. The number of hydrogen-bond donors (Lipinski definition) is 4. The molecular formula is C28H43N5O9S. The van der Waals surface area contributed by atoms with Crippen LogP contribution in [0.5, 0.6) is 0 Å². The van der Waals surface area contributed by atoms with Crippen molar-refractivity contribution in [1.82, 2.24) is 25.8 Å². The number of amides is 5. The van der Waals surface area contributed by atoms with E-state index in [1.54, 1.807) is 31.7 Å². The van der Waals surface area contributed by atoms with E-state index in [0.29, 0.717) is 31.4 Å². The molecule has 5 amide bonds. The topological polar surface area (TPSA) is 193 Å². The first-order valence-electron chi connectivity index (χ1n) is 14.1. The van der Waals surface area contributed by atoms with Gasteiger partial charge in [0.25, 0.3) is 5.91 Å². The summed E-state index contributed by atoms with van der Waals surface area (Å²) in [5.74, 6) is -2.81. The molecule has 43 heavy (non-hydrogen) atoms. The molecule has 0 unspecified atom stereocenters. The van der Waals surface area contributed by atoms with Crippen molar-refractivity contribution in [2.45, 2.75) is 108 Å². The van der Waals surface area contributed by atoms with E-state index in [9.17, 15) is 33.9 Å². The zero-order valence-electron chi connectivity index (χ0n) is 25.6. The van der Waals surface area contributed by atoms with E-state index in [0.717, 1.165) is 12.0 Å². The number of aromatic nitrogens is 1. The van der Waals surface area contributed by atoms with Gasteiger partial charge in [-0.25, -0.2) is 14.7 Å². The van der Waals surface area contributed by atoms with Gasteiger partial charge >= 0.3 is 12.1 Å². The molecule has 1 aromatic heterocycles. The summed E-state index contributed by atoms with van der Waals surface area (Å²) in [5.41, 5.74) is 0.314. The fraction of sp³-hybridized carbons (Fsp3) is 0.679. The number of esters is 1. The van der Waals surface area contributed by atoms with Crippen LogP contribution in [0.15, 0.2) is 10.9 Å². The lowest BCUT2D eigenvalue weighted by Crippen LogP contribution is -2.57. The van der Waals surface area contributed by atoms with Gasteiger partial charge in [0, 0.05) is 25.3 Å². The van der Waals surface area contributed by atoms with Gasteiger partial charge in [0.15, 0.2) is 0 Å². The van der Waals surface area contributed by atoms with Crippen LogP contribution in [0.3, 0.4) is 0 Å². The fourth-order valence-electron chi connectivity index (χ4n) is 4.15. The Morgan fingerprint density at radius 2 is 1.79 bits per heavy atom. The van der Waals surface area contributed by atoms with E-state index in [2.05, 4.69) is 25.7 Å². The molecule has 0 radical (unpaired) electrons. The highest BCUT2D eigenvalue weighted by atomic mass is 32.1.